The first kappa shape index (κ1) is 6.01. The maximum atomic E-state index is 10.6. The molecule has 3 nitrogen and oxygen atoms in total. The molecular weight excluding hydrogens is 118 g/mol. The lowest BCUT2D eigenvalue weighted by Crippen LogP contribution is -2.00. The second-order valence-electron chi connectivity index (χ2n) is 1.63. The second kappa shape index (κ2) is 2.44. The Morgan fingerprint density at radius 3 is 3.11 bits per heavy atom. The van der Waals surface area contributed by atoms with E-state index in [9.17, 15) is 4.79 Å². The van der Waals surface area contributed by atoms with Crippen LogP contribution in [0.1, 0.15) is 6.42 Å². The van der Waals surface area contributed by atoms with Crippen LogP contribution in [0.3, 0.4) is 0 Å². The summed E-state index contributed by atoms with van der Waals surface area (Å²) in [5.41, 5.74) is 0.414. The summed E-state index contributed by atoms with van der Waals surface area (Å²) in [5, 5.41) is 0. The number of hydrogen-bond donors (Lipinski definition) is 0. The van der Waals surface area contributed by atoms with Crippen LogP contribution in [-0.4, -0.2) is 19.3 Å². The molecule has 0 unspecified atom stereocenters. The Morgan fingerprint density at radius 1 is 1.89 bits per heavy atom. The van der Waals surface area contributed by atoms with Crippen LogP contribution in [0.15, 0.2) is 16.8 Å². The topological polar surface area (TPSA) is 38.7 Å². The highest BCUT2D eigenvalue weighted by atomic mass is 16.5. The average molecular weight is 125 g/mol. The summed E-state index contributed by atoms with van der Waals surface area (Å²) in [4.78, 5) is 14.4. The van der Waals surface area contributed by atoms with Crippen LogP contribution in [0.25, 0.3) is 0 Å². The lowest BCUT2D eigenvalue weighted by molar-refractivity contribution is -0.136. The van der Waals surface area contributed by atoms with E-state index in [-0.39, 0.29) is 5.97 Å². The molecule has 1 rings (SSSR count). The SMILES string of the molecule is COC(=O)C1=CCC=N1. The van der Waals surface area contributed by atoms with Crippen LogP contribution in [0.4, 0.5) is 0 Å². The van der Waals surface area contributed by atoms with Gasteiger partial charge in [-0.2, -0.15) is 0 Å². The Labute approximate surface area is 53.0 Å². The number of ether oxygens (including phenoxy) is 1. The van der Waals surface area contributed by atoms with Crippen LogP contribution in [0, 0.1) is 0 Å². The summed E-state index contributed by atoms with van der Waals surface area (Å²) >= 11 is 0. The minimum Gasteiger partial charge on any atom is -0.464 e. The van der Waals surface area contributed by atoms with E-state index < -0.39 is 0 Å². The predicted molar refractivity (Wildman–Crippen MR) is 33.2 cm³/mol. The van der Waals surface area contributed by atoms with Gasteiger partial charge in [0.05, 0.1) is 7.11 Å². The molecule has 0 N–H and O–H groups in total. The van der Waals surface area contributed by atoms with Crippen molar-refractivity contribution in [2.75, 3.05) is 7.11 Å². The molecule has 0 fully saturated rings. The van der Waals surface area contributed by atoms with E-state index in [2.05, 4.69) is 9.73 Å². The summed E-state index contributed by atoms with van der Waals surface area (Å²) in [6.07, 6.45) is 4.14. The monoisotopic (exact) mass is 125 g/mol. The van der Waals surface area contributed by atoms with Gasteiger partial charge in [-0.1, -0.05) is 0 Å². The van der Waals surface area contributed by atoms with Gasteiger partial charge >= 0.3 is 5.97 Å². The molecule has 1 aliphatic heterocycles. The molecule has 0 atom stereocenters. The lowest BCUT2D eigenvalue weighted by atomic mass is 10.4. The Balaban J connectivity index is 2.62. The highest BCUT2D eigenvalue weighted by Crippen LogP contribution is 2.05. The third-order valence-corrected chi connectivity index (χ3v) is 1.04. The zero-order valence-electron chi connectivity index (χ0n) is 5.13. The van der Waals surface area contributed by atoms with Crippen molar-refractivity contribution in [2.45, 2.75) is 6.42 Å². The first-order valence-corrected chi connectivity index (χ1v) is 2.65. The molecule has 0 spiro atoms. The number of hydrogen-bond acceptors (Lipinski definition) is 3. The molecule has 0 aromatic heterocycles. The van der Waals surface area contributed by atoms with Gasteiger partial charge in [-0.15, -0.1) is 0 Å². The Kier molecular flexibility index (Phi) is 1.63. The van der Waals surface area contributed by atoms with Crippen molar-refractivity contribution in [1.29, 1.82) is 0 Å². The molecule has 0 aliphatic carbocycles. The van der Waals surface area contributed by atoms with E-state index in [1.807, 2.05) is 0 Å². The van der Waals surface area contributed by atoms with Gasteiger partial charge < -0.3 is 4.74 Å². The first-order valence-electron chi connectivity index (χ1n) is 2.65. The van der Waals surface area contributed by atoms with Gasteiger partial charge in [-0.25, -0.2) is 4.79 Å². The fraction of sp³-hybridized carbons (Fsp3) is 0.333. The second-order valence-corrected chi connectivity index (χ2v) is 1.63. The average Bonchev–Trinajstić information content (AvgIpc) is 2.37. The maximum Gasteiger partial charge on any atom is 0.356 e. The van der Waals surface area contributed by atoms with Crippen LogP contribution < -0.4 is 0 Å². The molecule has 0 bridgehead atoms. The van der Waals surface area contributed by atoms with Gasteiger partial charge in [0.1, 0.15) is 5.70 Å². The van der Waals surface area contributed by atoms with Crippen molar-refractivity contribution in [3.05, 3.63) is 11.8 Å². The van der Waals surface area contributed by atoms with Crippen molar-refractivity contribution in [1.82, 2.24) is 0 Å². The molecule has 9 heavy (non-hydrogen) atoms. The molecule has 3 heteroatoms. The van der Waals surface area contributed by atoms with Gasteiger partial charge in [0.15, 0.2) is 0 Å². The van der Waals surface area contributed by atoms with Crippen molar-refractivity contribution >= 4 is 12.2 Å². The van der Waals surface area contributed by atoms with E-state index >= 15 is 0 Å². The van der Waals surface area contributed by atoms with Crippen molar-refractivity contribution < 1.29 is 9.53 Å². The van der Waals surface area contributed by atoms with Crippen LogP contribution in [0.2, 0.25) is 0 Å². The Morgan fingerprint density at radius 2 is 2.67 bits per heavy atom. The number of rotatable bonds is 1. The van der Waals surface area contributed by atoms with E-state index in [1.165, 1.54) is 7.11 Å². The zero-order valence-corrected chi connectivity index (χ0v) is 5.13. The summed E-state index contributed by atoms with van der Waals surface area (Å²) in [6.45, 7) is 0. The normalized spacial score (nSPS) is 15.4. The van der Waals surface area contributed by atoms with E-state index in [0.717, 1.165) is 6.42 Å². The third kappa shape index (κ3) is 1.16. The fourth-order valence-corrected chi connectivity index (χ4v) is 0.609. The maximum absolute atomic E-state index is 10.6. The molecular formula is C6H7NO2. The number of carbonyl (C=O) groups is 1. The zero-order chi connectivity index (χ0) is 6.69. The minimum atomic E-state index is -0.358. The summed E-state index contributed by atoms with van der Waals surface area (Å²) in [5.74, 6) is -0.358. The van der Waals surface area contributed by atoms with E-state index in [1.54, 1.807) is 12.3 Å². The summed E-state index contributed by atoms with van der Waals surface area (Å²) in [6, 6.07) is 0. The summed E-state index contributed by atoms with van der Waals surface area (Å²) < 4.78 is 4.41. The lowest BCUT2D eigenvalue weighted by Gasteiger charge is -1.92. The number of nitrogens with zero attached hydrogens (tertiary/aromatic N) is 1. The Bertz CT molecular complexity index is 181. The smallest absolute Gasteiger partial charge is 0.356 e. The third-order valence-electron chi connectivity index (χ3n) is 1.04. The molecule has 0 radical (unpaired) electrons. The predicted octanol–water partition coefficient (Wildman–Crippen LogP) is 0.518. The number of allylic oxidation sites excluding steroid dienone is 1. The summed E-state index contributed by atoms with van der Waals surface area (Å²) in [7, 11) is 1.34. The van der Waals surface area contributed by atoms with Crippen LogP contribution in [-0.2, 0) is 9.53 Å². The Hall–Kier alpha value is -1.12. The number of aliphatic imine (C=N–C) groups is 1. The van der Waals surface area contributed by atoms with Crippen molar-refractivity contribution in [2.24, 2.45) is 4.99 Å². The molecule has 1 aliphatic rings. The van der Waals surface area contributed by atoms with Gasteiger partial charge in [0, 0.05) is 12.6 Å². The van der Waals surface area contributed by atoms with Crippen LogP contribution in [0.5, 0.6) is 0 Å². The number of esters is 1. The molecule has 48 valence electrons. The molecule has 0 aromatic carbocycles. The molecule has 0 saturated carbocycles. The molecule has 1 heterocycles. The van der Waals surface area contributed by atoms with E-state index in [0.29, 0.717) is 5.70 Å². The van der Waals surface area contributed by atoms with Gasteiger partial charge in [0.2, 0.25) is 0 Å². The highest BCUT2D eigenvalue weighted by molar-refractivity contribution is 5.92. The number of methoxy groups -OCH3 is 1. The van der Waals surface area contributed by atoms with Gasteiger partial charge in [0.25, 0.3) is 0 Å². The van der Waals surface area contributed by atoms with Crippen LogP contribution >= 0.6 is 0 Å². The van der Waals surface area contributed by atoms with Gasteiger partial charge in [-0.05, 0) is 6.08 Å². The standard InChI is InChI=1S/C6H7NO2/c1-9-6(8)5-3-2-4-7-5/h3-4H,2H2,1H3. The van der Waals surface area contributed by atoms with E-state index in [4.69, 9.17) is 0 Å². The first-order chi connectivity index (χ1) is 4.34. The molecule has 0 aromatic rings. The minimum absolute atomic E-state index is 0.358. The van der Waals surface area contributed by atoms with Gasteiger partial charge in [-0.3, -0.25) is 4.99 Å². The number of carbonyl (C=O) groups excluding carboxylic acids is 1. The van der Waals surface area contributed by atoms with Crippen molar-refractivity contribution in [3.8, 4) is 0 Å². The van der Waals surface area contributed by atoms with Crippen molar-refractivity contribution in [3.63, 3.8) is 0 Å². The molecule has 0 saturated heterocycles. The highest BCUT2D eigenvalue weighted by Gasteiger charge is 2.08. The quantitative estimate of drug-likeness (QED) is 0.479. The molecule has 0 amide bonds. The fourth-order valence-electron chi connectivity index (χ4n) is 0.609. The largest absolute Gasteiger partial charge is 0.464 e.